The van der Waals surface area contributed by atoms with Gasteiger partial charge in [0.2, 0.25) is 0 Å². The highest BCUT2D eigenvalue weighted by Gasteiger charge is 2.28. The van der Waals surface area contributed by atoms with Crippen LogP contribution < -0.4 is 5.56 Å². The van der Waals surface area contributed by atoms with Crippen LogP contribution in [0, 0.1) is 5.92 Å². The average Bonchev–Trinajstić information content (AvgIpc) is 3.21. The molecule has 0 radical (unpaired) electrons. The summed E-state index contributed by atoms with van der Waals surface area (Å²) in [5.74, 6) is 0.338. The molecule has 1 aliphatic rings. The molecule has 0 atom stereocenters. The topological polar surface area (TPSA) is 83.4 Å². The van der Waals surface area contributed by atoms with Crippen molar-refractivity contribution in [3.05, 3.63) is 76.2 Å². The summed E-state index contributed by atoms with van der Waals surface area (Å²) in [6.07, 6.45) is 2.92. The Morgan fingerprint density at radius 3 is 2.55 bits per heavy atom. The molecular weight excluding hydrogens is 366 g/mol. The summed E-state index contributed by atoms with van der Waals surface area (Å²) < 4.78 is 1.46. The third-order valence-electron chi connectivity index (χ3n) is 5.74. The van der Waals surface area contributed by atoms with Gasteiger partial charge in [-0.25, -0.2) is 4.52 Å². The van der Waals surface area contributed by atoms with Crippen molar-refractivity contribution in [2.24, 2.45) is 5.92 Å². The van der Waals surface area contributed by atoms with Crippen LogP contribution in [0.2, 0.25) is 0 Å². The highest BCUT2D eigenvalue weighted by molar-refractivity contribution is 5.99. The summed E-state index contributed by atoms with van der Waals surface area (Å²) in [6, 6.07) is 17.8. The number of aromatic nitrogens is 4. The average molecular weight is 387 g/mol. The van der Waals surface area contributed by atoms with Crippen LogP contribution in [-0.4, -0.2) is 43.7 Å². The molecule has 29 heavy (non-hydrogen) atoms. The van der Waals surface area contributed by atoms with E-state index in [1.165, 1.54) is 10.1 Å². The van der Waals surface area contributed by atoms with Gasteiger partial charge in [0.15, 0.2) is 11.2 Å². The van der Waals surface area contributed by atoms with E-state index in [2.05, 4.69) is 39.6 Å². The molecule has 1 aliphatic heterocycles. The van der Waals surface area contributed by atoms with Crippen LogP contribution in [0.3, 0.4) is 0 Å². The standard InChI is InChI=1S/C22H21N5O2/c28-21-20-19(24-25-27(20)18-9-5-4-8-17(18)23-21)22(29)26-12-10-16(11-13-26)14-15-6-2-1-3-7-15/h1-9,16H,10-14H2,(H,23,28). The molecule has 0 saturated carbocycles. The van der Waals surface area contributed by atoms with Crippen LogP contribution in [0.15, 0.2) is 59.4 Å². The largest absolute Gasteiger partial charge is 0.337 e. The van der Waals surface area contributed by atoms with E-state index < -0.39 is 0 Å². The fourth-order valence-corrected chi connectivity index (χ4v) is 4.18. The van der Waals surface area contributed by atoms with E-state index in [0.29, 0.717) is 24.5 Å². The number of hydrogen-bond acceptors (Lipinski definition) is 4. The monoisotopic (exact) mass is 387 g/mol. The molecule has 1 fully saturated rings. The van der Waals surface area contributed by atoms with Crippen LogP contribution in [0.1, 0.15) is 28.9 Å². The number of carbonyl (C=O) groups is 1. The van der Waals surface area contributed by atoms with Crippen molar-refractivity contribution >= 4 is 22.5 Å². The number of likely N-dealkylation sites (tertiary alicyclic amines) is 1. The summed E-state index contributed by atoms with van der Waals surface area (Å²) >= 11 is 0. The van der Waals surface area contributed by atoms with Gasteiger partial charge in [0.05, 0.1) is 11.0 Å². The highest BCUT2D eigenvalue weighted by Crippen LogP contribution is 2.23. The van der Waals surface area contributed by atoms with Crippen LogP contribution >= 0.6 is 0 Å². The van der Waals surface area contributed by atoms with Gasteiger partial charge >= 0.3 is 0 Å². The molecule has 0 bridgehead atoms. The Balaban J connectivity index is 1.37. The summed E-state index contributed by atoms with van der Waals surface area (Å²) in [5, 5.41) is 8.16. The zero-order valence-corrected chi connectivity index (χ0v) is 15.9. The van der Waals surface area contributed by atoms with E-state index in [-0.39, 0.29) is 22.7 Å². The number of hydrogen-bond donors (Lipinski definition) is 1. The lowest BCUT2D eigenvalue weighted by Gasteiger charge is -2.31. The molecular formula is C22H21N5O2. The second-order valence-electron chi connectivity index (χ2n) is 7.60. The van der Waals surface area contributed by atoms with E-state index in [4.69, 9.17) is 0 Å². The number of fused-ring (bicyclic) bond motifs is 3. The first-order chi connectivity index (χ1) is 14.2. The van der Waals surface area contributed by atoms with Crippen molar-refractivity contribution in [2.45, 2.75) is 19.3 Å². The fraction of sp³-hybridized carbons (Fsp3) is 0.273. The van der Waals surface area contributed by atoms with Gasteiger partial charge in [-0.05, 0) is 42.9 Å². The van der Waals surface area contributed by atoms with Crippen molar-refractivity contribution in [3.63, 3.8) is 0 Å². The lowest BCUT2D eigenvalue weighted by molar-refractivity contribution is 0.0686. The number of piperidine rings is 1. The second-order valence-corrected chi connectivity index (χ2v) is 7.60. The summed E-state index contributed by atoms with van der Waals surface area (Å²) in [5.41, 5.74) is 2.69. The first kappa shape index (κ1) is 17.6. The van der Waals surface area contributed by atoms with Crippen LogP contribution in [0.25, 0.3) is 16.6 Å². The third-order valence-corrected chi connectivity index (χ3v) is 5.74. The van der Waals surface area contributed by atoms with Gasteiger partial charge in [0.25, 0.3) is 11.5 Å². The predicted molar refractivity (Wildman–Crippen MR) is 110 cm³/mol. The van der Waals surface area contributed by atoms with Gasteiger partial charge in [-0.15, -0.1) is 5.10 Å². The minimum absolute atomic E-state index is 0.124. The molecule has 2 aromatic carbocycles. The number of aromatic amines is 1. The lowest BCUT2D eigenvalue weighted by atomic mass is 9.90. The van der Waals surface area contributed by atoms with Crippen molar-refractivity contribution < 1.29 is 4.79 Å². The van der Waals surface area contributed by atoms with Crippen LogP contribution in [0.4, 0.5) is 0 Å². The van der Waals surface area contributed by atoms with E-state index in [0.717, 1.165) is 24.8 Å². The Labute approximate surface area is 167 Å². The number of carbonyl (C=O) groups excluding carboxylic acids is 1. The zero-order chi connectivity index (χ0) is 19.8. The molecule has 2 aromatic heterocycles. The fourth-order valence-electron chi connectivity index (χ4n) is 4.18. The summed E-state index contributed by atoms with van der Waals surface area (Å²) in [4.78, 5) is 30.3. The Bertz CT molecular complexity index is 1240. The maximum absolute atomic E-state index is 13.1. The van der Waals surface area contributed by atoms with E-state index >= 15 is 0 Å². The maximum Gasteiger partial charge on any atom is 0.277 e. The number of amides is 1. The van der Waals surface area contributed by atoms with Crippen molar-refractivity contribution in [2.75, 3.05) is 13.1 Å². The van der Waals surface area contributed by atoms with Gasteiger partial charge in [-0.1, -0.05) is 47.7 Å². The highest BCUT2D eigenvalue weighted by atomic mass is 16.2. The quantitative estimate of drug-likeness (QED) is 0.586. The molecule has 1 N–H and O–H groups in total. The number of rotatable bonds is 3. The minimum Gasteiger partial charge on any atom is -0.337 e. The molecule has 146 valence electrons. The zero-order valence-electron chi connectivity index (χ0n) is 15.9. The van der Waals surface area contributed by atoms with Gasteiger partial charge in [0.1, 0.15) is 0 Å². The second kappa shape index (κ2) is 7.16. The number of para-hydroxylation sites is 2. The Morgan fingerprint density at radius 1 is 1.03 bits per heavy atom. The van der Waals surface area contributed by atoms with Gasteiger partial charge in [0, 0.05) is 13.1 Å². The maximum atomic E-state index is 13.1. The number of nitrogens with one attached hydrogen (secondary N) is 1. The predicted octanol–water partition coefficient (Wildman–Crippen LogP) is 2.67. The molecule has 1 saturated heterocycles. The molecule has 3 heterocycles. The number of H-pyrrole nitrogens is 1. The van der Waals surface area contributed by atoms with Crippen LogP contribution in [0.5, 0.6) is 0 Å². The smallest absolute Gasteiger partial charge is 0.277 e. The summed E-state index contributed by atoms with van der Waals surface area (Å²) in [6.45, 7) is 1.33. The van der Waals surface area contributed by atoms with Crippen molar-refractivity contribution in [3.8, 4) is 0 Å². The molecule has 0 unspecified atom stereocenters. The molecule has 4 aromatic rings. The van der Waals surface area contributed by atoms with E-state index in [1.54, 1.807) is 11.0 Å². The first-order valence-corrected chi connectivity index (χ1v) is 9.90. The SMILES string of the molecule is O=C(c1nnn2c1c(=O)[nH]c1ccccc12)N1CCC(Cc2ccccc2)CC1. The van der Waals surface area contributed by atoms with Gasteiger partial charge in [-0.3, -0.25) is 9.59 Å². The third kappa shape index (κ3) is 3.18. The number of nitrogens with zero attached hydrogens (tertiary/aromatic N) is 4. The Morgan fingerprint density at radius 2 is 1.76 bits per heavy atom. The normalized spacial score (nSPS) is 15.2. The van der Waals surface area contributed by atoms with E-state index in [9.17, 15) is 9.59 Å². The van der Waals surface area contributed by atoms with Crippen molar-refractivity contribution in [1.82, 2.24) is 24.7 Å². The molecule has 0 spiro atoms. The molecule has 7 heteroatoms. The lowest BCUT2D eigenvalue weighted by Crippen LogP contribution is -2.39. The first-order valence-electron chi connectivity index (χ1n) is 9.90. The molecule has 0 aliphatic carbocycles. The summed E-state index contributed by atoms with van der Waals surface area (Å²) in [7, 11) is 0. The molecule has 5 rings (SSSR count). The van der Waals surface area contributed by atoms with E-state index in [1.807, 2.05) is 24.3 Å². The molecule has 7 nitrogen and oxygen atoms in total. The minimum atomic E-state index is -0.351. The molecule has 1 amide bonds. The number of benzene rings is 2. The van der Waals surface area contributed by atoms with Gasteiger partial charge in [-0.2, -0.15) is 0 Å². The Kier molecular flexibility index (Phi) is 4.35. The van der Waals surface area contributed by atoms with Gasteiger partial charge < -0.3 is 9.88 Å². The Hall–Kier alpha value is -3.48. The van der Waals surface area contributed by atoms with Crippen molar-refractivity contribution in [1.29, 1.82) is 0 Å². The van der Waals surface area contributed by atoms with Crippen LogP contribution in [-0.2, 0) is 6.42 Å².